The van der Waals surface area contributed by atoms with Crippen LogP contribution in [-0.2, 0) is 16.6 Å². The number of hydrogen-bond donors (Lipinski definition) is 2. The van der Waals surface area contributed by atoms with Crippen molar-refractivity contribution >= 4 is 38.6 Å². The van der Waals surface area contributed by atoms with E-state index in [-0.39, 0.29) is 0 Å². The zero-order chi connectivity index (χ0) is 15.1. The summed E-state index contributed by atoms with van der Waals surface area (Å²) in [5.41, 5.74) is 6.58. The first kappa shape index (κ1) is 15.1. The van der Waals surface area contributed by atoms with Crippen LogP contribution in [0.3, 0.4) is 0 Å². The number of rotatable bonds is 4. The van der Waals surface area contributed by atoms with E-state index in [0.717, 1.165) is 6.26 Å². The molecular weight excluding hydrogens is 300 g/mol. The van der Waals surface area contributed by atoms with Crippen LogP contribution >= 0.6 is 11.6 Å². The molecule has 0 saturated heterocycles. The number of nitrogen functional groups attached to an aromatic ring is 1. The first-order chi connectivity index (χ1) is 9.09. The van der Waals surface area contributed by atoms with Crippen molar-refractivity contribution in [2.75, 3.05) is 12.0 Å². The fourth-order valence-corrected chi connectivity index (χ4v) is 3.59. The zero-order valence-corrected chi connectivity index (χ0v) is 13.1. The Labute approximate surface area is 123 Å². The van der Waals surface area contributed by atoms with Gasteiger partial charge in [-0.1, -0.05) is 17.7 Å². The lowest BCUT2D eigenvalue weighted by atomic mass is 10.1. The van der Waals surface area contributed by atoms with Crippen molar-refractivity contribution in [1.29, 1.82) is 0 Å². The topological polar surface area (TPSA) is 90.0 Å². The van der Waals surface area contributed by atoms with Crippen molar-refractivity contribution in [1.82, 2.24) is 14.3 Å². The van der Waals surface area contributed by atoms with Gasteiger partial charge in [0.1, 0.15) is 0 Å². The number of para-hydroxylation sites is 1. The summed E-state index contributed by atoms with van der Waals surface area (Å²) in [6.07, 6.45) is 1.12. The number of nitrogens with two attached hydrogens (primary N) is 1. The van der Waals surface area contributed by atoms with Gasteiger partial charge in [0.05, 0.1) is 22.3 Å². The third-order valence-corrected chi connectivity index (χ3v) is 3.99. The minimum absolute atomic E-state index is 0.302. The van der Waals surface area contributed by atoms with E-state index >= 15 is 0 Å². The number of fused-ring (bicyclic) bond motifs is 1. The smallest absolute Gasteiger partial charge is 0.209 e. The van der Waals surface area contributed by atoms with E-state index < -0.39 is 15.6 Å². The fraction of sp³-hybridized carbons (Fsp3) is 0.417. The minimum atomic E-state index is -3.32. The molecule has 0 unspecified atom stereocenters. The van der Waals surface area contributed by atoms with Crippen LogP contribution in [0.5, 0.6) is 0 Å². The van der Waals surface area contributed by atoms with E-state index in [2.05, 4.69) is 9.71 Å². The molecule has 0 aliphatic heterocycles. The standard InChI is InChI=1S/C12H17ClN4O2S/c1-12(2,16-20(3,18)19)7-17-10-8(13)5-4-6-9(10)15-11(17)14/h4-6,16H,7H2,1-3H3,(H2,14,15). The number of nitrogens with zero attached hydrogens (tertiary/aromatic N) is 2. The van der Waals surface area contributed by atoms with Gasteiger partial charge in [-0.15, -0.1) is 0 Å². The van der Waals surface area contributed by atoms with Crippen molar-refractivity contribution in [3.05, 3.63) is 23.2 Å². The average Bonchev–Trinajstić information content (AvgIpc) is 2.52. The monoisotopic (exact) mass is 316 g/mol. The second kappa shape index (κ2) is 4.91. The Morgan fingerprint density at radius 1 is 1.45 bits per heavy atom. The van der Waals surface area contributed by atoms with Crippen LogP contribution in [0.1, 0.15) is 13.8 Å². The van der Waals surface area contributed by atoms with Crippen LogP contribution in [0.4, 0.5) is 5.95 Å². The maximum atomic E-state index is 11.4. The highest BCUT2D eigenvalue weighted by molar-refractivity contribution is 7.88. The van der Waals surface area contributed by atoms with Crippen LogP contribution in [-0.4, -0.2) is 29.8 Å². The molecule has 1 aromatic carbocycles. The molecule has 0 aliphatic carbocycles. The molecule has 0 saturated carbocycles. The fourth-order valence-electron chi connectivity index (χ4n) is 2.25. The second-order valence-corrected chi connectivity index (χ2v) is 7.58. The van der Waals surface area contributed by atoms with Gasteiger partial charge in [0.2, 0.25) is 16.0 Å². The third kappa shape index (κ3) is 3.23. The van der Waals surface area contributed by atoms with Crippen molar-refractivity contribution in [2.24, 2.45) is 0 Å². The highest BCUT2D eigenvalue weighted by atomic mass is 35.5. The summed E-state index contributed by atoms with van der Waals surface area (Å²) in [6, 6.07) is 5.35. The van der Waals surface area contributed by atoms with E-state index in [1.54, 1.807) is 30.5 Å². The Hall–Kier alpha value is -1.31. The SMILES string of the molecule is CC(C)(Cn1c(N)nc2cccc(Cl)c21)NS(C)(=O)=O. The zero-order valence-electron chi connectivity index (χ0n) is 11.5. The Morgan fingerprint density at radius 2 is 2.10 bits per heavy atom. The summed E-state index contributed by atoms with van der Waals surface area (Å²) in [5.74, 6) is 0.302. The van der Waals surface area contributed by atoms with Gasteiger partial charge < -0.3 is 10.3 Å². The number of anilines is 1. The van der Waals surface area contributed by atoms with Gasteiger partial charge in [0.25, 0.3) is 0 Å². The lowest BCUT2D eigenvalue weighted by Gasteiger charge is -2.26. The van der Waals surface area contributed by atoms with Crippen LogP contribution in [0, 0.1) is 0 Å². The number of hydrogen-bond acceptors (Lipinski definition) is 4. The third-order valence-electron chi connectivity index (χ3n) is 2.76. The Morgan fingerprint density at radius 3 is 2.70 bits per heavy atom. The summed E-state index contributed by atoms with van der Waals surface area (Å²) in [5, 5.41) is 0.529. The van der Waals surface area contributed by atoms with Gasteiger partial charge in [0.15, 0.2) is 0 Å². The number of aromatic nitrogens is 2. The maximum absolute atomic E-state index is 11.4. The van der Waals surface area contributed by atoms with E-state index in [1.807, 2.05) is 6.07 Å². The summed E-state index contributed by atoms with van der Waals surface area (Å²) >= 11 is 6.18. The molecule has 2 aromatic rings. The number of nitrogens with one attached hydrogen (secondary N) is 1. The molecule has 20 heavy (non-hydrogen) atoms. The van der Waals surface area contributed by atoms with Crippen LogP contribution in [0.15, 0.2) is 18.2 Å². The van der Waals surface area contributed by atoms with Gasteiger partial charge in [0, 0.05) is 12.1 Å². The average molecular weight is 317 g/mol. The number of halogens is 1. The highest BCUT2D eigenvalue weighted by Gasteiger charge is 2.25. The predicted octanol–water partition coefficient (Wildman–Crippen LogP) is 1.60. The molecule has 0 atom stereocenters. The van der Waals surface area contributed by atoms with Gasteiger partial charge in [-0.05, 0) is 26.0 Å². The summed E-state index contributed by atoms with van der Waals surface area (Å²) < 4.78 is 27.1. The number of imidazole rings is 1. The predicted molar refractivity (Wildman–Crippen MR) is 81.2 cm³/mol. The molecule has 1 heterocycles. The second-order valence-electron chi connectivity index (χ2n) is 5.42. The maximum Gasteiger partial charge on any atom is 0.209 e. The van der Waals surface area contributed by atoms with Crippen molar-refractivity contribution < 1.29 is 8.42 Å². The molecule has 0 fully saturated rings. The Kier molecular flexibility index (Phi) is 3.70. The lowest BCUT2D eigenvalue weighted by molar-refractivity contribution is 0.398. The molecule has 8 heteroatoms. The first-order valence-corrected chi connectivity index (χ1v) is 8.25. The molecule has 0 bridgehead atoms. The molecule has 0 radical (unpaired) electrons. The number of sulfonamides is 1. The molecular formula is C12H17ClN4O2S. The summed E-state index contributed by atoms with van der Waals surface area (Å²) in [7, 11) is -3.32. The van der Waals surface area contributed by atoms with Crippen molar-refractivity contribution in [3.8, 4) is 0 Å². The van der Waals surface area contributed by atoms with Crippen molar-refractivity contribution in [2.45, 2.75) is 25.9 Å². The first-order valence-electron chi connectivity index (χ1n) is 5.98. The van der Waals surface area contributed by atoms with E-state index in [0.29, 0.717) is 28.5 Å². The van der Waals surface area contributed by atoms with E-state index in [9.17, 15) is 8.42 Å². The van der Waals surface area contributed by atoms with Crippen LogP contribution in [0.2, 0.25) is 5.02 Å². The van der Waals surface area contributed by atoms with Gasteiger partial charge >= 0.3 is 0 Å². The molecule has 1 aromatic heterocycles. The molecule has 3 N–H and O–H groups in total. The molecule has 0 amide bonds. The van der Waals surface area contributed by atoms with Gasteiger partial charge in [-0.3, -0.25) is 0 Å². The molecule has 0 spiro atoms. The van der Waals surface area contributed by atoms with Gasteiger partial charge in [-0.25, -0.2) is 18.1 Å². The summed E-state index contributed by atoms with van der Waals surface area (Å²) in [6.45, 7) is 3.87. The van der Waals surface area contributed by atoms with Gasteiger partial charge in [-0.2, -0.15) is 0 Å². The highest BCUT2D eigenvalue weighted by Crippen LogP contribution is 2.27. The van der Waals surface area contributed by atoms with E-state index in [4.69, 9.17) is 17.3 Å². The van der Waals surface area contributed by atoms with Crippen LogP contribution < -0.4 is 10.5 Å². The lowest BCUT2D eigenvalue weighted by Crippen LogP contribution is -2.46. The minimum Gasteiger partial charge on any atom is -0.369 e. The molecule has 2 rings (SSSR count). The number of benzene rings is 1. The molecule has 110 valence electrons. The summed E-state index contributed by atoms with van der Waals surface area (Å²) in [4.78, 5) is 4.23. The van der Waals surface area contributed by atoms with E-state index in [1.165, 1.54) is 0 Å². The van der Waals surface area contributed by atoms with Crippen LogP contribution in [0.25, 0.3) is 11.0 Å². The molecule has 6 nitrogen and oxygen atoms in total. The normalized spacial score (nSPS) is 13.0. The Bertz CT molecular complexity index is 752. The quantitative estimate of drug-likeness (QED) is 0.896. The largest absolute Gasteiger partial charge is 0.369 e. The Balaban J connectivity index is 2.46. The molecule has 0 aliphatic rings. The van der Waals surface area contributed by atoms with Crippen molar-refractivity contribution in [3.63, 3.8) is 0 Å².